The molecular weight excluding hydrogens is 262 g/mol. The molecule has 0 saturated carbocycles. The summed E-state index contributed by atoms with van der Waals surface area (Å²) in [5.41, 5.74) is 3.43. The van der Waals surface area contributed by atoms with E-state index in [1.54, 1.807) is 0 Å². The first-order valence-electron chi connectivity index (χ1n) is 7.75. The van der Waals surface area contributed by atoms with Crippen molar-refractivity contribution in [3.8, 4) is 0 Å². The fourth-order valence-corrected chi connectivity index (χ4v) is 3.25. The molecule has 112 valence electrons. The summed E-state index contributed by atoms with van der Waals surface area (Å²) >= 11 is 0. The van der Waals surface area contributed by atoms with Crippen molar-refractivity contribution >= 4 is 11.5 Å². The zero-order valence-electron chi connectivity index (χ0n) is 12.8. The number of rotatable bonds is 2. The van der Waals surface area contributed by atoms with Gasteiger partial charge in [0.05, 0.1) is 0 Å². The number of carbonyl (C=O) groups excluding carboxylic acids is 1. The number of ketones is 1. The second kappa shape index (κ2) is 5.64. The van der Waals surface area contributed by atoms with Crippen molar-refractivity contribution < 1.29 is 9.53 Å². The molecule has 1 N–H and O–H groups in total. The molecule has 3 heteroatoms. The average Bonchev–Trinajstić information content (AvgIpc) is 2.47. The van der Waals surface area contributed by atoms with Gasteiger partial charge in [0.25, 0.3) is 0 Å². The first-order valence-corrected chi connectivity index (χ1v) is 7.75. The fraction of sp³-hybridized carbons (Fsp3) is 0.500. The van der Waals surface area contributed by atoms with E-state index >= 15 is 0 Å². The number of carbonyl (C=O) groups is 1. The zero-order chi connectivity index (χ0) is 14.9. The number of hydrogen-bond acceptors (Lipinski definition) is 3. The van der Waals surface area contributed by atoms with Gasteiger partial charge < -0.3 is 10.1 Å². The molecule has 3 nitrogen and oxygen atoms in total. The van der Waals surface area contributed by atoms with Crippen LogP contribution in [0.15, 0.2) is 30.3 Å². The maximum atomic E-state index is 12.5. The normalized spacial score (nSPS) is 23.4. The highest BCUT2D eigenvalue weighted by Gasteiger charge is 2.28. The fourth-order valence-electron chi connectivity index (χ4n) is 3.25. The molecular formula is C18H23NO2. The summed E-state index contributed by atoms with van der Waals surface area (Å²) in [6.45, 7) is 5.76. The maximum absolute atomic E-state index is 12.5. The molecule has 0 atom stereocenters. The Morgan fingerprint density at radius 2 is 2.00 bits per heavy atom. The van der Waals surface area contributed by atoms with E-state index < -0.39 is 0 Å². The highest BCUT2D eigenvalue weighted by molar-refractivity contribution is 5.98. The molecule has 1 aromatic carbocycles. The molecule has 3 rings (SSSR count). The van der Waals surface area contributed by atoms with Crippen LogP contribution in [0.25, 0.3) is 5.70 Å². The van der Waals surface area contributed by atoms with Gasteiger partial charge in [0.1, 0.15) is 0 Å². The van der Waals surface area contributed by atoms with Gasteiger partial charge in [-0.05, 0) is 38.7 Å². The molecule has 0 amide bonds. The van der Waals surface area contributed by atoms with E-state index in [2.05, 4.69) is 37.4 Å². The predicted molar refractivity (Wildman–Crippen MR) is 83.9 cm³/mol. The second-order valence-corrected chi connectivity index (χ2v) is 6.69. The maximum Gasteiger partial charge on any atom is 0.161 e. The van der Waals surface area contributed by atoms with Crippen LogP contribution in [-0.2, 0) is 16.0 Å². The lowest BCUT2D eigenvalue weighted by Crippen LogP contribution is -2.44. The quantitative estimate of drug-likeness (QED) is 0.849. The van der Waals surface area contributed by atoms with Crippen LogP contribution in [0.1, 0.15) is 37.8 Å². The number of allylic oxidation sites excluding steroid dienone is 1. The standard InChI is InChI=1S/C18H23NO2/c1-18(2)12-14-5-3-4-6-15(14)16(19-18)11-17(20)13-7-9-21-10-8-13/h3-6,11,13,19H,7-10,12H2,1-2H3/b16-11-. The monoisotopic (exact) mass is 285 g/mol. The zero-order valence-corrected chi connectivity index (χ0v) is 12.8. The van der Waals surface area contributed by atoms with Gasteiger partial charge in [-0.25, -0.2) is 0 Å². The number of nitrogens with one attached hydrogen (secondary N) is 1. The SMILES string of the molecule is CC1(C)Cc2ccccc2/C(=C/C(=O)C2CCOCC2)N1. The minimum Gasteiger partial charge on any atom is -0.381 e. The van der Waals surface area contributed by atoms with Crippen LogP contribution in [-0.4, -0.2) is 24.5 Å². The van der Waals surface area contributed by atoms with E-state index in [0.29, 0.717) is 13.2 Å². The molecule has 2 aliphatic rings. The summed E-state index contributed by atoms with van der Waals surface area (Å²) < 4.78 is 5.34. The Labute approximate surface area is 126 Å². The molecule has 2 aliphatic heterocycles. The third-order valence-electron chi connectivity index (χ3n) is 4.32. The van der Waals surface area contributed by atoms with Gasteiger partial charge in [0.15, 0.2) is 5.78 Å². The summed E-state index contributed by atoms with van der Waals surface area (Å²) in [5, 5.41) is 3.53. The van der Waals surface area contributed by atoms with Crippen molar-refractivity contribution in [2.24, 2.45) is 5.92 Å². The lowest BCUT2D eigenvalue weighted by atomic mass is 9.85. The predicted octanol–water partition coefficient (Wildman–Crippen LogP) is 2.95. The van der Waals surface area contributed by atoms with Crippen LogP contribution in [0.5, 0.6) is 0 Å². The van der Waals surface area contributed by atoms with Crippen LogP contribution in [0.3, 0.4) is 0 Å². The summed E-state index contributed by atoms with van der Waals surface area (Å²) in [6.07, 6.45) is 4.48. The van der Waals surface area contributed by atoms with Gasteiger partial charge in [0, 0.05) is 42.0 Å². The smallest absolute Gasteiger partial charge is 0.161 e. The van der Waals surface area contributed by atoms with Gasteiger partial charge >= 0.3 is 0 Å². The summed E-state index contributed by atoms with van der Waals surface area (Å²) in [7, 11) is 0. The molecule has 0 radical (unpaired) electrons. The Kier molecular flexibility index (Phi) is 3.85. The molecule has 2 heterocycles. The minimum absolute atomic E-state index is 0.0177. The van der Waals surface area contributed by atoms with Crippen molar-refractivity contribution in [2.75, 3.05) is 13.2 Å². The first kappa shape index (κ1) is 14.3. The molecule has 1 saturated heterocycles. The van der Waals surface area contributed by atoms with E-state index in [9.17, 15) is 4.79 Å². The number of hydrogen-bond donors (Lipinski definition) is 1. The van der Waals surface area contributed by atoms with Crippen LogP contribution in [0.2, 0.25) is 0 Å². The number of ether oxygens (including phenoxy) is 1. The van der Waals surface area contributed by atoms with E-state index in [1.165, 1.54) is 5.56 Å². The number of fused-ring (bicyclic) bond motifs is 1. The van der Waals surface area contributed by atoms with Gasteiger partial charge in [-0.15, -0.1) is 0 Å². The highest BCUT2D eigenvalue weighted by atomic mass is 16.5. The molecule has 0 spiro atoms. The van der Waals surface area contributed by atoms with E-state index in [-0.39, 0.29) is 17.2 Å². The number of benzene rings is 1. The van der Waals surface area contributed by atoms with Crippen LogP contribution in [0, 0.1) is 5.92 Å². The Morgan fingerprint density at radius 1 is 1.29 bits per heavy atom. The highest BCUT2D eigenvalue weighted by Crippen LogP contribution is 2.30. The van der Waals surface area contributed by atoms with E-state index in [0.717, 1.165) is 30.5 Å². The Bertz CT molecular complexity index is 568. The molecule has 0 aromatic heterocycles. The molecule has 1 fully saturated rings. The molecule has 1 aromatic rings. The summed E-state index contributed by atoms with van der Waals surface area (Å²) in [4.78, 5) is 12.5. The van der Waals surface area contributed by atoms with Crippen molar-refractivity contribution in [1.82, 2.24) is 5.32 Å². The molecule has 0 unspecified atom stereocenters. The Morgan fingerprint density at radius 3 is 2.76 bits per heavy atom. The Hall–Kier alpha value is -1.61. The van der Waals surface area contributed by atoms with E-state index in [1.807, 2.05) is 12.1 Å². The summed E-state index contributed by atoms with van der Waals surface area (Å²) in [6, 6.07) is 8.36. The van der Waals surface area contributed by atoms with E-state index in [4.69, 9.17) is 4.74 Å². The van der Waals surface area contributed by atoms with Crippen molar-refractivity contribution in [1.29, 1.82) is 0 Å². The molecule has 21 heavy (non-hydrogen) atoms. The van der Waals surface area contributed by atoms with Crippen LogP contribution < -0.4 is 5.32 Å². The van der Waals surface area contributed by atoms with Gasteiger partial charge in [-0.2, -0.15) is 0 Å². The molecule has 0 bridgehead atoms. The summed E-state index contributed by atoms with van der Waals surface area (Å²) in [5.74, 6) is 0.346. The van der Waals surface area contributed by atoms with Gasteiger partial charge in [0.2, 0.25) is 0 Å². The Balaban J connectivity index is 1.89. The average molecular weight is 285 g/mol. The lowest BCUT2D eigenvalue weighted by molar-refractivity contribution is -0.120. The van der Waals surface area contributed by atoms with Crippen LogP contribution >= 0.6 is 0 Å². The van der Waals surface area contributed by atoms with Crippen molar-refractivity contribution in [3.05, 3.63) is 41.5 Å². The first-order chi connectivity index (χ1) is 10.1. The third kappa shape index (κ3) is 3.18. The van der Waals surface area contributed by atoms with Crippen molar-refractivity contribution in [2.45, 2.75) is 38.6 Å². The van der Waals surface area contributed by atoms with Crippen molar-refractivity contribution in [3.63, 3.8) is 0 Å². The lowest BCUT2D eigenvalue weighted by Gasteiger charge is -2.35. The largest absolute Gasteiger partial charge is 0.381 e. The minimum atomic E-state index is -0.0177. The van der Waals surface area contributed by atoms with Gasteiger partial charge in [-0.1, -0.05) is 24.3 Å². The van der Waals surface area contributed by atoms with Crippen LogP contribution in [0.4, 0.5) is 0 Å². The third-order valence-corrected chi connectivity index (χ3v) is 4.32. The topological polar surface area (TPSA) is 38.3 Å². The molecule has 0 aliphatic carbocycles. The van der Waals surface area contributed by atoms with Gasteiger partial charge in [-0.3, -0.25) is 4.79 Å². The second-order valence-electron chi connectivity index (χ2n) is 6.69.